The number of fused-ring (bicyclic) bond motifs is 1. The molecule has 1 atom stereocenters. The van der Waals surface area contributed by atoms with Crippen LogP contribution in [0.1, 0.15) is 6.92 Å². The van der Waals surface area contributed by atoms with Gasteiger partial charge in [0.25, 0.3) is 0 Å². The molecule has 0 radical (unpaired) electrons. The summed E-state index contributed by atoms with van der Waals surface area (Å²) in [5.74, 6) is 0.104. The van der Waals surface area contributed by atoms with E-state index in [2.05, 4.69) is 5.32 Å². The monoisotopic (exact) mass is 206 g/mol. The molecule has 0 spiro atoms. The van der Waals surface area contributed by atoms with Gasteiger partial charge in [0, 0.05) is 19.7 Å². The first kappa shape index (κ1) is 9.83. The number of phenolic OH excluding ortho intramolecular Hbond substituents is 1. The zero-order chi connectivity index (χ0) is 11.0. The molecule has 1 aliphatic rings. The number of anilines is 2. The minimum Gasteiger partial charge on any atom is -0.508 e. The molecule has 0 bridgehead atoms. The van der Waals surface area contributed by atoms with Crippen LogP contribution in [-0.4, -0.2) is 24.6 Å². The molecular weight excluding hydrogens is 192 g/mol. The highest BCUT2D eigenvalue weighted by atomic mass is 16.3. The summed E-state index contributed by atoms with van der Waals surface area (Å²) in [6.45, 7) is 2.57. The van der Waals surface area contributed by atoms with Gasteiger partial charge in [0.15, 0.2) is 0 Å². The number of hydrogen-bond donors (Lipinski definition) is 2. The zero-order valence-corrected chi connectivity index (χ0v) is 8.82. The lowest BCUT2D eigenvalue weighted by Gasteiger charge is -2.19. The third-order valence-electron chi connectivity index (χ3n) is 2.64. The van der Waals surface area contributed by atoms with E-state index in [0.717, 1.165) is 5.69 Å². The molecule has 0 fully saturated rings. The molecule has 80 valence electrons. The van der Waals surface area contributed by atoms with Gasteiger partial charge in [-0.2, -0.15) is 0 Å². The Balaban J connectivity index is 2.46. The largest absolute Gasteiger partial charge is 0.508 e. The van der Waals surface area contributed by atoms with Gasteiger partial charge in [0.1, 0.15) is 5.75 Å². The SMILES string of the molecule is CC1CN(C)c2ccc(O)cc2NC1=O. The van der Waals surface area contributed by atoms with Crippen molar-refractivity contribution >= 4 is 17.3 Å². The highest BCUT2D eigenvalue weighted by molar-refractivity contribution is 5.97. The summed E-state index contributed by atoms with van der Waals surface area (Å²) < 4.78 is 0. The van der Waals surface area contributed by atoms with E-state index in [0.29, 0.717) is 12.2 Å². The molecular formula is C11H14N2O2. The number of phenols is 1. The van der Waals surface area contributed by atoms with Crippen LogP contribution in [0.2, 0.25) is 0 Å². The molecule has 1 unspecified atom stereocenters. The molecule has 1 aromatic rings. The number of nitrogens with zero attached hydrogens (tertiary/aromatic N) is 1. The fourth-order valence-electron chi connectivity index (χ4n) is 1.80. The predicted octanol–water partition coefficient (Wildman–Crippen LogP) is 1.42. The lowest BCUT2D eigenvalue weighted by atomic mass is 10.1. The van der Waals surface area contributed by atoms with Crippen molar-refractivity contribution in [2.75, 3.05) is 23.8 Å². The highest BCUT2D eigenvalue weighted by Gasteiger charge is 2.22. The first-order valence-corrected chi connectivity index (χ1v) is 4.93. The maximum atomic E-state index is 11.6. The number of carbonyl (C=O) groups is 1. The fourth-order valence-corrected chi connectivity index (χ4v) is 1.80. The van der Waals surface area contributed by atoms with Crippen LogP contribution in [0.25, 0.3) is 0 Å². The summed E-state index contributed by atoms with van der Waals surface area (Å²) >= 11 is 0. The Bertz CT molecular complexity index is 404. The van der Waals surface area contributed by atoms with Crippen LogP contribution in [0.5, 0.6) is 5.75 Å². The molecule has 0 saturated carbocycles. The molecule has 0 saturated heterocycles. The Morgan fingerprint density at radius 2 is 2.27 bits per heavy atom. The van der Waals surface area contributed by atoms with Crippen molar-refractivity contribution in [1.29, 1.82) is 0 Å². The van der Waals surface area contributed by atoms with E-state index in [1.54, 1.807) is 12.1 Å². The van der Waals surface area contributed by atoms with E-state index in [4.69, 9.17) is 0 Å². The van der Waals surface area contributed by atoms with Gasteiger partial charge in [0.2, 0.25) is 5.91 Å². The molecule has 1 aromatic carbocycles. The smallest absolute Gasteiger partial charge is 0.229 e. The van der Waals surface area contributed by atoms with Crippen molar-refractivity contribution in [2.24, 2.45) is 5.92 Å². The number of benzene rings is 1. The minimum atomic E-state index is -0.0513. The molecule has 4 heteroatoms. The molecule has 2 N–H and O–H groups in total. The molecule has 1 amide bonds. The summed E-state index contributed by atoms with van der Waals surface area (Å²) in [4.78, 5) is 13.6. The highest BCUT2D eigenvalue weighted by Crippen LogP contribution is 2.31. The number of rotatable bonds is 0. The Morgan fingerprint density at radius 1 is 1.53 bits per heavy atom. The van der Waals surface area contributed by atoms with Gasteiger partial charge in [-0.3, -0.25) is 4.79 Å². The minimum absolute atomic E-state index is 0.00815. The average molecular weight is 206 g/mol. The topological polar surface area (TPSA) is 52.6 Å². The normalized spacial score (nSPS) is 20.5. The molecule has 0 aromatic heterocycles. The van der Waals surface area contributed by atoms with Crippen LogP contribution in [0.3, 0.4) is 0 Å². The average Bonchev–Trinajstić information content (AvgIpc) is 2.25. The lowest BCUT2D eigenvalue weighted by Crippen LogP contribution is -2.27. The summed E-state index contributed by atoms with van der Waals surface area (Å²) in [6, 6.07) is 5.00. The first-order valence-electron chi connectivity index (χ1n) is 4.93. The van der Waals surface area contributed by atoms with Crippen molar-refractivity contribution in [2.45, 2.75) is 6.92 Å². The lowest BCUT2D eigenvalue weighted by molar-refractivity contribution is -0.119. The van der Waals surface area contributed by atoms with Crippen LogP contribution in [0.4, 0.5) is 11.4 Å². The first-order chi connectivity index (χ1) is 7.08. The number of amides is 1. The molecule has 0 aliphatic carbocycles. The number of hydrogen-bond acceptors (Lipinski definition) is 3. The number of aromatic hydroxyl groups is 1. The van der Waals surface area contributed by atoms with E-state index in [1.165, 1.54) is 0 Å². The Morgan fingerprint density at radius 3 is 3.00 bits per heavy atom. The van der Waals surface area contributed by atoms with Crippen LogP contribution in [-0.2, 0) is 4.79 Å². The summed E-state index contributed by atoms with van der Waals surface area (Å²) in [5.41, 5.74) is 1.61. The second kappa shape index (κ2) is 3.46. The maximum absolute atomic E-state index is 11.6. The van der Waals surface area contributed by atoms with Crippen LogP contribution in [0, 0.1) is 5.92 Å². The van der Waals surface area contributed by atoms with Crippen LogP contribution in [0.15, 0.2) is 18.2 Å². The van der Waals surface area contributed by atoms with Gasteiger partial charge in [-0.15, -0.1) is 0 Å². The van der Waals surface area contributed by atoms with Crippen molar-refractivity contribution in [1.82, 2.24) is 0 Å². The third kappa shape index (κ3) is 1.75. The van der Waals surface area contributed by atoms with Crippen molar-refractivity contribution < 1.29 is 9.90 Å². The molecule has 4 nitrogen and oxygen atoms in total. The Labute approximate surface area is 88.5 Å². The second-order valence-electron chi connectivity index (χ2n) is 3.97. The van der Waals surface area contributed by atoms with Gasteiger partial charge >= 0.3 is 0 Å². The van der Waals surface area contributed by atoms with E-state index < -0.39 is 0 Å². The van der Waals surface area contributed by atoms with Gasteiger partial charge in [-0.1, -0.05) is 6.92 Å². The van der Waals surface area contributed by atoms with Gasteiger partial charge in [0.05, 0.1) is 17.3 Å². The summed E-state index contributed by atoms with van der Waals surface area (Å²) in [6.07, 6.45) is 0. The van der Waals surface area contributed by atoms with Crippen LogP contribution >= 0.6 is 0 Å². The molecule has 2 rings (SSSR count). The summed E-state index contributed by atoms with van der Waals surface area (Å²) in [5, 5.41) is 12.2. The number of nitrogens with one attached hydrogen (secondary N) is 1. The third-order valence-corrected chi connectivity index (χ3v) is 2.64. The summed E-state index contributed by atoms with van der Waals surface area (Å²) in [7, 11) is 1.94. The van der Waals surface area contributed by atoms with E-state index in [1.807, 2.05) is 24.9 Å². The molecule has 15 heavy (non-hydrogen) atoms. The van der Waals surface area contributed by atoms with E-state index >= 15 is 0 Å². The van der Waals surface area contributed by atoms with Crippen molar-refractivity contribution in [3.63, 3.8) is 0 Å². The van der Waals surface area contributed by atoms with Gasteiger partial charge < -0.3 is 15.3 Å². The quantitative estimate of drug-likeness (QED) is 0.675. The van der Waals surface area contributed by atoms with Crippen LogP contribution < -0.4 is 10.2 Å². The molecule has 1 heterocycles. The zero-order valence-electron chi connectivity index (χ0n) is 8.82. The second-order valence-corrected chi connectivity index (χ2v) is 3.97. The fraction of sp³-hybridized carbons (Fsp3) is 0.364. The molecule has 1 aliphatic heterocycles. The number of carbonyl (C=O) groups excluding carboxylic acids is 1. The Kier molecular flexibility index (Phi) is 2.26. The van der Waals surface area contributed by atoms with E-state index in [9.17, 15) is 9.90 Å². The predicted molar refractivity (Wildman–Crippen MR) is 59.2 cm³/mol. The van der Waals surface area contributed by atoms with Crippen molar-refractivity contribution in [3.05, 3.63) is 18.2 Å². The van der Waals surface area contributed by atoms with E-state index in [-0.39, 0.29) is 17.6 Å². The maximum Gasteiger partial charge on any atom is 0.229 e. The van der Waals surface area contributed by atoms with Gasteiger partial charge in [-0.05, 0) is 12.1 Å². The standard InChI is InChI=1S/C11H14N2O2/c1-7-6-13(2)10-4-3-8(14)5-9(10)12-11(7)15/h3-5,7,14H,6H2,1-2H3,(H,12,15). The van der Waals surface area contributed by atoms with Gasteiger partial charge in [-0.25, -0.2) is 0 Å². The van der Waals surface area contributed by atoms with Crippen molar-refractivity contribution in [3.8, 4) is 5.75 Å². The Hall–Kier alpha value is -1.71.